The largest absolute Gasteiger partial charge is 0.342 e. The van der Waals surface area contributed by atoms with Crippen LogP contribution < -0.4 is 0 Å². The van der Waals surface area contributed by atoms with Crippen LogP contribution in [0.1, 0.15) is 31.9 Å². The topological polar surface area (TPSA) is 41.6 Å². The first kappa shape index (κ1) is 18.3. The van der Waals surface area contributed by atoms with E-state index in [1.165, 1.54) is 12.1 Å². The number of aromatic nitrogens is 2. The van der Waals surface area contributed by atoms with Crippen molar-refractivity contribution in [3.8, 4) is 28.5 Å². The number of nitrogens with zero attached hydrogens (tertiary/aromatic N) is 3. The number of pyridine rings is 1. The van der Waals surface area contributed by atoms with Gasteiger partial charge in [0.25, 0.3) is 0 Å². The highest BCUT2D eigenvalue weighted by molar-refractivity contribution is 9.10. The second-order valence-electron chi connectivity index (χ2n) is 6.38. The second-order valence-corrected chi connectivity index (χ2v) is 7.17. The standard InChI is InChI=1S/C21H19BrFN3/c1-14(2)20-19(22)18(15-8-11-25-12-9-15)21(26(20)13-3-10-24)16-4-6-17(23)7-5-16/h4-9,11-12,14H,3,13H2,1-2H3. The van der Waals surface area contributed by atoms with Crippen molar-refractivity contribution < 1.29 is 4.39 Å². The molecule has 0 unspecified atom stereocenters. The van der Waals surface area contributed by atoms with Gasteiger partial charge in [-0.25, -0.2) is 4.39 Å². The van der Waals surface area contributed by atoms with Crippen LogP contribution in [0.25, 0.3) is 22.4 Å². The molecule has 0 aliphatic carbocycles. The molecule has 0 N–H and O–H groups in total. The fourth-order valence-corrected chi connectivity index (χ4v) is 4.34. The van der Waals surface area contributed by atoms with Gasteiger partial charge in [0.2, 0.25) is 0 Å². The van der Waals surface area contributed by atoms with Crippen molar-refractivity contribution in [3.05, 3.63) is 64.8 Å². The highest BCUT2D eigenvalue weighted by Crippen LogP contribution is 2.44. The molecular formula is C21H19BrFN3. The molecule has 2 heterocycles. The van der Waals surface area contributed by atoms with Crippen LogP contribution in [0.15, 0.2) is 53.3 Å². The van der Waals surface area contributed by atoms with Gasteiger partial charge in [0, 0.05) is 34.7 Å². The van der Waals surface area contributed by atoms with E-state index in [1.54, 1.807) is 24.5 Å². The molecule has 26 heavy (non-hydrogen) atoms. The molecule has 0 aliphatic heterocycles. The predicted molar refractivity (Wildman–Crippen MR) is 105 cm³/mol. The SMILES string of the molecule is CC(C)c1c(Br)c(-c2ccncc2)c(-c2ccc(F)cc2)n1CCC#N. The molecule has 3 rings (SSSR count). The molecule has 0 aliphatic rings. The van der Waals surface area contributed by atoms with E-state index in [0.717, 1.165) is 32.6 Å². The van der Waals surface area contributed by atoms with Crippen LogP contribution in [0.5, 0.6) is 0 Å². The average Bonchev–Trinajstić information content (AvgIpc) is 2.93. The molecule has 1 aromatic carbocycles. The van der Waals surface area contributed by atoms with Gasteiger partial charge in [-0.05, 0) is 69.4 Å². The zero-order valence-electron chi connectivity index (χ0n) is 14.7. The zero-order valence-corrected chi connectivity index (χ0v) is 16.3. The fourth-order valence-electron chi connectivity index (χ4n) is 3.26. The third-order valence-electron chi connectivity index (χ3n) is 4.32. The molecule has 5 heteroatoms. The van der Waals surface area contributed by atoms with Gasteiger partial charge in [-0.15, -0.1) is 0 Å². The Morgan fingerprint density at radius 2 is 1.77 bits per heavy atom. The van der Waals surface area contributed by atoms with Gasteiger partial charge in [-0.2, -0.15) is 5.26 Å². The molecule has 132 valence electrons. The summed E-state index contributed by atoms with van der Waals surface area (Å²) in [5.41, 5.74) is 5.11. The molecular weight excluding hydrogens is 393 g/mol. The van der Waals surface area contributed by atoms with Gasteiger partial charge < -0.3 is 4.57 Å². The van der Waals surface area contributed by atoms with Crippen molar-refractivity contribution in [1.29, 1.82) is 5.26 Å². The second kappa shape index (κ2) is 7.84. The lowest BCUT2D eigenvalue weighted by Gasteiger charge is -2.15. The van der Waals surface area contributed by atoms with E-state index in [2.05, 4.69) is 45.4 Å². The van der Waals surface area contributed by atoms with Crippen LogP contribution in [0.3, 0.4) is 0 Å². The summed E-state index contributed by atoms with van der Waals surface area (Å²) in [6.45, 7) is 4.85. The highest BCUT2D eigenvalue weighted by atomic mass is 79.9. The Balaban J connectivity index is 2.35. The third kappa shape index (κ3) is 3.42. The van der Waals surface area contributed by atoms with Crippen LogP contribution in [-0.2, 0) is 6.54 Å². The van der Waals surface area contributed by atoms with E-state index in [-0.39, 0.29) is 11.7 Å². The van der Waals surface area contributed by atoms with Crippen molar-refractivity contribution in [2.45, 2.75) is 32.7 Å². The summed E-state index contributed by atoms with van der Waals surface area (Å²) < 4.78 is 16.7. The Kier molecular flexibility index (Phi) is 5.53. The van der Waals surface area contributed by atoms with Crippen molar-refractivity contribution >= 4 is 15.9 Å². The normalized spacial score (nSPS) is 10.9. The Hall–Kier alpha value is -2.45. The number of hydrogen-bond donors (Lipinski definition) is 0. The molecule has 0 amide bonds. The van der Waals surface area contributed by atoms with Crippen LogP contribution in [0.4, 0.5) is 4.39 Å². The lowest BCUT2D eigenvalue weighted by molar-refractivity contribution is 0.627. The van der Waals surface area contributed by atoms with Crippen molar-refractivity contribution in [2.75, 3.05) is 0 Å². The quantitative estimate of drug-likeness (QED) is 0.504. The van der Waals surface area contributed by atoms with E-state index < -0.39 is 0 Å². The monoisotopic (exact) mass is 411 g/mol. The van der Waals surface area contributed by atoms with Gasteiger partial charge in [0.15, 0.2) is 0 Å². The predicted octanol–water partition coefficient (Wildman–Crippen LogP) is 6.16. The maximum Gasteiger partial charge on any atom is 0.123 e. The first-order valence-electron chi connectivity index (χ1n) is 8.49. The summed E-state index contributed by atoms with van der Waals surface area (Å²) in [6.07, 6.45) is 3.93. The summed E-state index contributed by atoms with van der Waals surface area (Å²) in [7, 11) is 0. The summed E-state index contributed by atoms with van der Waals surface area (Å²) in [6, 6.07) is 12.7. The van der Waals surface area contributed by atoms with Crippen molar-refractivity contribution in [3.63, 3.8) is 0 Å². The first-order valence-corrected chi connectivity index (χ1v) is 9.29. The number of halogens is 2. The molecule has 0 saturated carbocycles. The summed E-state index contributed by atoms with van der Waals surface area (Å²) in [5, 5.41) is 9.12. The number of rotatable bonds is 5. The molecule has 3 nitrogen and oxygen atoms in total. The summed E-state index contributed by atoms with van der Waals surface area (Å²) >= 11 is 3.80. The van der Waals surface area contributed by atoms with Crippen molar-refractivity contribution in [2.24, 2.45) is 0 Å². The van der Waals surface area contributed by atoms with E-state index in [4.69, 9.17) is 5.26 Å². The molecule has 0 bridgehead atoms. The van der Waals surface area contributed by atoms with Crippen LogP contribution in [-0.4, -0.2) is 9.55 Å². The third-order valence-corrected chi connectivity index (χ3v) is 5.13. The summed E-state index contributed by atoms with van der Waals surface area (Å²) in [4.78, 5) is 4.11. The molecule has 0 spiro atoms. The van der Waals surface area contributed by atoms with Crippen LogP contribution in [0.2, 0.25) is 0 Å². The maximum absolute atomic E-state index is 13.5. The average molecular weight is 412 g/mol. The smallest absolute Gasteiger partial charge is 0.123 e. The lowest BCUT2D eigenvalue weighted by Crippen LogP contribution is -2.06. The molecule has 0 radical (unpaired) electrons. The molecule has 0 atom stereocenters. The zero-order chi connectivity index (χ0) is 18.7. The molecule has 0 saturated heterocycles. The van der Waals surface area contributed by atoms with Gasteiger partial charge in [0.05, 0.1) is 18.2 Å². The summed E-state index contributed by atoms with van der Waals surface area (Å²) in [5.74, 6) is -0.00431. The minimum absolute atomic E-state index is 0.262. The van der Waals surface area contributed by atoms with E-state index in [0.29, 0.717) is 13.0 Å². The number of hydrogen-bond acceptors (Lipinski definition) is 2. The molecule has 2 aromatic heterocycles. The minimum atomic E-state index is -0.266. The minimum Gasteiger partial charge on any atom is -0.342 e. The number of benzene rings is 1. The number of nitriles is 1. The van der Waals surface area contributed by atoms with Gasteiger partial charge in [-0.3, -0.25) is 4.98 Å². The Labute approximate surface area is 161 Å². The molecule has 3 aromatic rings. The van der Waals surface area contributed by atoms with E-state index >= 15 is 0 Å². The van der Waals surface area contributed by atoms with Gasteiger partial charge in [-0.1, -0.05) is 13.8 Å². The Morgan fingerprint density at radius 1 is 1.12 bits per heavy atom. The van der Waals surface area contributed by atoms with Crippen LogP contribution >= 0.6 is 15.9 Å². The highest BCUT2D eigenvalue weighted by Gasteiger charge is 2.25. The fraction of sp³-hybridized carbons (Fsp3) is 0.238. The maximum atomic E-state index is 13.5. The van der Waals surface area contributed by atoms with Gasteiger partial charge >= 0.3 is 0 Å². The van der Waals surface area contributed by atoms with E-state index in [9.17, 15) is 4.39 Å². The Bertz CT molecular complexity index is 938. The van der Waals surface area contributed by atoms with E-state index in [1.807, 2.05) is 12.1 Å². The first-order chi connectivity index (χ1) is 12.5. The van der Waals surface area contributed by atoms with Crippen molar-refractivity contribution in [1.82, 2.24) is 9.55 Å². The molecule has 0 fully saturated rings. The lowest BCUT2D eigenvalue weighted by atomic mass is 10.0. The van der Waals surface area contributed by atoms with Crippen LogP contribution in [0, 0.1) is 17.1 Å². The Morgan fingerprint density at radius 3 is 2.35 bits per heavy atom. The van der Waals surface area contributed by atoms with Gasteiger partial charge in [0.1, 0.15) is 5.82 Å².